The van der Waals surface area contributed by atoms with Crippen molar-refractivity contribution in [1.29, 1.82) is 0 Å². The van der Waals surface area contributed by atoms with E-state index in [9.17, 15) is 4.79 Å². The number of rotatable bonds is 6. The molecule has 0 fully saturated rings. The molecule has 1 aliphatic rings. The number of ether oxygens (including phenoxy) is 1. The number of nitrogens with zero attached hydrogens (tertiary/aromatic N) is 3. The molecule has 0 saturated heterocycles. The van der Waals surface area contributed by atoms with Gasteiger partial charge in [-0.3, -0.25) is 9.89 Å². The second-order valence-corrected chi connectivity index (χ2v) is 6.94. The Morgan fingerprint density at radius 3 is 2.96 bits per heavy atom. The van der Waals surface area contributed by atoms with Crippen molar-refractivity contribution < 1.29 is 9.53 Å². The summed E-state index contributed by atoms with van der Waals surface area (Å²) in [6.45, 7) is 3.25. The Morgan fingerprint density at radius 1 is 1.30 bits per heavy atom. The van der Waals surface area contributed by atoms with Gasteiger partial charge in [-0.2, -0.15) is 5.10 Å². The topological polar surface area (TPSA) is 86.9 Å². The van der Waals surface area contributed by atoms with E-state index < -0.39 is 0 Å². The van der Waals surface area contributed by atoms with E-state index in [1.807, 2.05) is 30.0 Å². The Morgan fingerprint density at radius 2 is 2.15 bits per heavy atom. The Hall–Kier alpha value is -2.83. The second kappa shape index (κ2) is 7.42. The normalized spacial score (nSPS) is 13.6. The van der Waals surface area contributed by atoms with Crippen molar-refractivity contribution in [1.82, 2.24) is 25.1 Å². The minimum atomic E-state index is 0.00896. The van der Waals surface area contributed by atoms with Crippen molar-refractivity contribution in [3.63, 3.8) is 0 Å². The largest absolute Gasteiger partial charge is 0.497 e. The van der Waals surface area contributed by atoms with Crippen LogP contribution >= 0.6 is 0 Å². The summed E-state index contributed by atoms with van der Waals surface area (Å²) in [5, 5.41) is 7.38. The number of amides is 1. The Bertz CT molecular complexity index is 959. The lowest BCUT2D eigenvalue weighted by molar-refractivity contribution is 0.0758. The van der Waals surface area contributed by atoms with Crippen LogP contribution in [0.15, 0.2) is 18.2 Å². The molecule has 4 rings (SSSR count). The quantitative estimate of drug-likeness (QED) is 0.701. The molecular weight excluding hydrogens is 342 g/mol. The summed E-state index contributed by atoms with van der Waals surface area (Å²) in [5.74, 6) is 1.68. The standard InChI is InChI=1S/C20H25N5O2/c1-3-25(20(26)19-14-6-4-5-7-15(14)23-24-19)11-10-18-21-16-9-8-13(27-2)12-17(16)22-18/h8-9,12H,3-7,10-11H2,1-2H3,(H,21,22)(H,23,24). The highest BCUT2D eigenvalue weighted by Crippen LogP contribution is 2.23. The Balaban J connectivity index is 1.47. The van der Waals surface area contributed by atoms with Crippen LogP contribution in [-0.4, -0.2) is 51.2 Å². The summed E-state index contributed by atoms with van der Waals surface area (Å²) >= 11 is 0. The Labute approximate surface area is 158 Å². The van der Waals surface area contributed by atoms with E-state index in [0.29, 0.717) is 25.2 Å². The maximum absolute atomic E-state index is 13.0. The zero-order chi connectivity index (χ0) is 18.8. The highest BCUT2D eigenvalue weighted by atomic mass is 16.5. The van der Waals surface area contributed by atoms with Crippen LogP contribution in [0.3, 0.4) is 0 Å². The monoisotopic (exact) mass is 367 g/mol. The van der Waals surface area contributed by atoms with Gasteiger partial charge in [0.2, 0.25) is 0 Å². The molecule has 0 aliphatic heterocycles. The molecule has 0 atom stereocenters. The number of fused-ring (bicyclic) bond motifs is 2. The molecule has 0 radical (unpaired) electrons. The highest BCUT2D eigenvalue weighted by molar-refractivity contribution is 5.94. The number of imidazole rings is 1. The number of carbonyl (C=O) groups is 1. The third-order valence-corrected chi connectivity index (χ3v) is 5.28. The molecule has 7 nitrogen and oxygen atoms in total. The van der Waals surface area contributed by atoms with Crippen molar-refractivity contribution >= 4 is 16.9 Å². The molecule has 0 bridgehead atoms. The zero-order valence-corrected chi connectivity index (χ0v) is 15.8. The van der Waals surface area contributed by atoms with Gasteiger partial charge < -0.3 is 14.6 Å². The molecule has 27 heavy (non-hydrogen) atoms. The van der Waals surface area contributed by atoms with E-state index >= 15 is 0 Å². The maximum Gasteiger partial charge on any atom is 0.274 e. The lowest BCUT2D eigenvalue weighted by Gasteiger charge is -2.20. The molecule has 0 unspecified atom stereocenters. The van der Waals surface area contributed by atoms with Gasteiger partial charge in [0.25, 0.3) is 5.91 Å². The number of benzene rings is 1. The van der Waals surface area contributed by atoms with Crippen LogP contribution in [0, 0.1) is 0 Å². The van der Waals surface area contributed by atoms with Crippen LogP contribution in [0.1, 0.15) is 47.3 Å². The summed E-state index contributed by atoms with van der Waals surface area (Å²) in [7, 11) is 1.65. The number of likely N-dealkylation sites (N-methyl/N-ethyl adjacent to an activating group) is 1. The molecule has 3 aromatic rings. The van der Waals surface area contributed by atoms with E-state index in [1.54, 1.807) is 7.11 Å². The number of H-pyrrole nitrogens is 2. The minimum absolute atomic E-state index is 0.00896. The van der Waals surface area contributed by atoms with Gasteiger partial charge in [-0.1, -0.05) is 0 Å². The molecular formula is C20H25N5O2. The molecule has 0 spiro atoms. The molecule has 142 valence electrons. The van der Waals surface area contributed by atoms with E-state index in [4.69, 9.17) is 4.74 Å². The van der Waals surface area contributed by atoms with Gasteiger partial charge in [0, 0.05) is 36.8 Å². The average Bonchev–Trinajstić information content (AvgIpc) is 3.31. The van der Waals surface area contributed by atoms with Crippen LogP contribution in [0.25, 0.3) is 11.0 Å². The zero-order valence-electron chi connectivity index (χ0n) is 15.8. The summed E-state index contributed by atoms with van der Waals surface area (Å²) in [6.07, 6.45) is 4.89. The maximum atomic E-state index is 13.0. The van der Waals surface area contributed by atoms with Crippen LogP contribution < -0.4 is 4.74 Å². The lowest BCUT2D eigenvalue weighted by atomic mass is 9.95. The average molecular weight is 367 g/mol. The highest BCUT2D eigenvalue weighted by Gasteiger charge is 2.25. The van der Waals surface area contributed by atoms with Gasteiger partial charge >= 0.3 is 0 Å². The van der Waals surface area contributed by atoms with Gasteiger partial charge in [0.15, 0.2) is 5.69 Å². The fraction of sp³-hybridized carbons (Fsp3) is 0.450. The van der Waals surface area contributed by atoms with Gasteiger partial charge in [-0.15, -0.1) is 0 Å². The lowest BCUT2D eigenvalue weighted by Crippen LogP contribution is -2.34. The first-order valence-electron chi connectivity index (χ1n) is 9.57. The minimum Gasteiger partial charge on any atom is -0.497 e. The number of aryl methyl sites for hydroxylation is 1. The van der Waals surface area contributed by atoms with Crippen LogP contribution in [0.5, 0.6) is 5.75 Å². The molecule has 2 N–H and O–H groups in total. The van der Waals surface area contributed by atoms with Crippen molar-refractivity contribution in [3.05, 3.63) is 41.0 Å². The fourth-order valence-electron chi connectivity index (χ4n) is 3.74. The van der Waals surface area contributed by atoms with E-state index in [2.05, 4.69) is 20.2 Å². The number of aromatic nitrogens is 4. The molecule has 1 aromatic carbocycles. The molecule has 2 heterocycles. The third-order valence-electron chi connectivity index (χ3n) is 5.28. The molecule has 1 amide bonds. The van der Waals surface area contributed by atoms with E-state index in [0.717, 1.165) is 59.5 Å². The number of hydrogen-bond donors (Lipinski definition) is 2. The molecule has 7 heteroatoms. The number of methoxy groups -OCH3 is 1. The summed E-state index contributed by atoms with van der Waals surface area (Å²) in [5.41, 5.74) is 4.69. The molecule has 2 aromatic heterocycles. The van der Waals surface area contributed by atoms with Gasteiger partial charge in [-0.25, -0.2) is 4.98 Å². The van der Waals surface area contributed by atoms with Crippen molar-refractivity contribution in [2.24, 2.45) is 0 Å². The van der Waals surface area contributed by atoms with Crippen molar-refractivity contribution in [2.45, 2.75) is 39.0 Å². The van der Waals surface area contributed by atoms with E-state index in [1.165, 1.54) is 0 Å². The number of nitrogens with one attached hydrogen (secondary N) is 2. The first-order valence-corrected chi connectivity index (χ1v) is 9.57. The van der Waals surface area contributed by atoms with Crippen molar-refractivity contribution in [2.75, 3.05) is 20.2 Å². The van der Waals surface area contributed by atoms with Crippen molar-refractivity contribution in [3.8, 4) is 5.75 Å². The fourth-order valence-corrected chi connectivity index (χ4v) is 3.74. The first kappa shape index (κ1) is 17.6. The predicted octanol–water partition coefficient (Wildman–Crippen LogP) is 2.88. The van der Waals surface area contributed by atoms with Crippen LogP contribution in [-0.2, 0) is 19.3 Å². The first-order chi connectivity index (χ1) is 13.2. The predicted molar refractivity (Wildman–Crippen MR) is 103 cm³/mol. The summed E-state index contributed by atoms with van der Waals surface area (Å²) in [4.78, 5) is 22.8. The van der Waals surface area contributed by atoms with Gasteiger partial charge in [-0.05, 0) is 44.7 Å². The molecule has 1 aliphatic carbocycles. The second-order valence-electron chi connectivity index (χ2n) is 6.94. The van der Waals surface area contributed by atoms with Crippen LogP contribution in [0.4, 0.5) is 0 Å². The number of hydrogen-bond acceptors (Lipinski definition) is 4. The van der Waals surface area contributed by atoms with E-state index in [-0.39, 0.29) is 5.91 Å². The number of carbonyl (C=O) groups excluding carboxylic acids is 1. The summed E-state index contributed by atoms with van der Waals surface area (Å²) in [6, 6.07) is 5.77. The third kappa shape index (κ3) is 3.41. The molecule has 0 saturated carbocycles. The smallest absolute Gasteiger partial charge is 0.274 e. The van der Waals surface area contributed by atoms with Gasteiger partial charge in [0.05, 0.1) is 18.1 Å². The number of aromatic amines is 2. The SMILES string of the molecule is CCN(CCc1nc2ccc(OC)cc2[nH]1)C(=O)c1n[nH]c2c1CCCC2. The van der Waals surface area contributed by atoms with Crippen LogP contribution in [0.2, 0.25) is 0 Å². The van der Waals surface area contributed by atoms with Gasteiger partial charge in [0.1, 0.15) is 11.6 Å². The Kier molecular flexibility index (Phi) is 4.83. The summed E-state index contributed by atoms with van der Waals surface area (Å²) < 4.78 is 5.25.